The van der Waals surface area contributed by atoms with E-state index < -0.39 is 5.60 Å². The van der Waals surface area contributed by atoms with Gasteiger partial charge in [0.2, 0.25) is 0 Å². The molecule has 0 spiro atoms. The van der Waals surface area contributed by atoms with Gasteiger partial charge in [0.1, 0.15) is 5.60 Å². The summed E-state index contributed by atoms with van der Waals surface area (Å²) in [5.74, 6) is 0. The van der Waals surface area contributed by atoms with Crippen LogP contribution in [0.3, 0.4) is 0 Å². The predicted octanol–water partition coefficient (Wildman–Crippen LogP) is 3.13. The molecule has 80 valence electrons. The molecule has 3 rings (SSSR count). The van der Waals surface area contributed by atoms with Gasteiger partial charge in [-0.2, -0.15) is 0 Å². The Morgan fingerprint density at radius 2 is 1.75 bits per heavy atom. The number of hydrogen-bond donors (Lipinski definition) is 1. The summed E-state index contributed by atoms with van der Waals surface area (Å²) in [4.78, 5) is 0. The molecule has 2 aromatic rings. The number of rotatable bonds is 1. The molecule has 0 radical (unpaired) electrons. The zero-order valence-electron chi connectivity index (χ0n) is 8.65. The SMILES string of the molecule is OC1(c2ccccc2)Cc2cccc(Cl)c21. The zero-order chi connectivity index (χ0) is 11.2. The van der Waals surface area contributed by atoms with E-state index in [-0.39, 0.29) is 0 Å². The van der Waals surface area contributed by atoms with Crippen molar-refractivity contribution in [1.82, 2.24) is 0 Å². The Hall–Kier alpha value is -1.31. The van der Waals surface area contributed by atoms with Crippen molar-refractivity contribution in [1.29, 1.82) is 0 Å². The standard InChI is InChI=1S/C14H11ClO/c15-12-8-4-5-10-9-14(16,13(10)12)11-6-2-1-3-7-11/h1-8,16H,9H2. The first-order chi connectivity index (χ1) is 7.72. The molecule has 0 heterocycles. The molecule has 2 heteroatoms. The van der Waals surface area contributed by atoms with Crippen LogP contribution in [-0.4, -0.2) is 5.11 Å². The van der Waals surface area contributed by atoms with Crippen molar-refractivity contribution in [3.05, 3.63) is 70.2 Å². The summed E-state index contributed by atoms with van der Waals surface area (Å²) in [5.41, 5.74) is 2.02. The van der Waals surface area contributed by atoms with Crippen molar-refractivity contribution in [3.63, 3.8) is 0 Å². The highest BCUT2D eigenvalue weighted by molar-refractivity contribution is 6.31. The first-order valence-electron chi connectivity index (χ1n) is 5.27. The molecule has 0 aliphatic heterocycles. The number of aliphatic hydroxyl groups is 1. The van der Waals surface area contributed by atoms with Crippen LogP contribution < -0.4 is 0 Å². The number of hydrogen-bond acceptors (Lipinski definition) is 1. The summed E-state index contributed by atoms with van der Waals surface area (Å²) in [7, 11) is 0. The lowest BCUT2D eigenvalue weighted by Gasteiger charge is -2.40. The second-order valence-corrected chi connectivity index (χ2v) is 4.58. The van der Waals surface area contributed by atoms with E-state index in [1.165, 1.54) is 0 Å². The fourth-order valence-electron chi connectivity index (χ4n) is 2.40. The normalized spacial score (nSPS) is 22.4. The van der Waals surface area contributed by atoms with Crippen molar-refractivity contribution in [2.45, 2.75) is 12.0 Å². The molecule has 2 aromatic carbocycles. The molecule has 0 saturated heterocycles. The van der Waals surface area contributed by atoms with Gasteiger partial charge in [-0.05, 0) is 17.2 Å². The minimum atomic E-state index is -0.894. The molecule has 0 aromatic heterocycles. The van der Waals surface area contributed by atoms with Gasteiger partial charge in [0.15, 0.2) is 0 Å². The monoisotopic (exact) mass is 230 g/mol. The maximum Gasteiger partial charge on any atom is 0.120 e. The summed E-state index contributed by atoms with van der Waals surface area (Å²) in [6, 6.07) is 15.4. The maximum atomic E-state index is 10.6. The quantitative estimate of drug-likeness (QED) is 0.798. The van der Waals surface area contributed by atoms with Gasteiger partial charge in [-0.1, -0.05) is 54.1 Å². The molecule has 1 N–H and O–H groups in total. The zero-order valence-corrected chi connectivity index (χ0v) is 9.41. The Morgan fingerprint density at radius 1 is 1.00 bits per heavy atom. The van der Waals surface area contributed by atoms with Gasteiger partial charge in [0, 0.05) is 17.0 Å². The van der Waals surface area contributed by atoms with Gasteiger partial charge in [-0.15, -0.1) is 0 Å². The van der Waals surface area contributed by atoms with E-state index in [4.69, 9.17) is 11.6 Å². The highest BCUT2D eigenvalue weighted by Crippen LogP contribution is 2.47. The molecule has 1 nitrogen and oxygen atoms in total. The van der Waals surface area contributed by atoms with Gasteiger partial charge < -0.3 is 5.11 Å². The van der Waals surface area contributed by atoms with Crippen LogP contribution in [-0.2, 0) is 12.0 Å². The van der Waals surface area contributed by atoms with E-state index in [9.17, 15) is 5.11 Å². The Balaban J connectivity index is 2.15. The van der Waals surface area contributed by atoms with E-state index in [1.807, 2.05) is 48.5 Å². The van der Waals surface area contributed by atoms with Gasteiger partial charge >= 0.3 is 0 Å². The Labute approximate surface area is 99.3 Å². The van der Waals surface area contributed by atoms with E-state index in [0.29, 0.717) is 11.4 Å². The highest BCUT2D eigenvalue weighted by atomic mass is 35.5. The van der Waals surface area contributed by atoms with E-state index in [1.54, 1.807) is 0 Å². The van der Waals surface area contributed by atoms with Crippen LogP contribution in [0.15, 0.2) is 48.5 Å². The lowest BCUT2D eigenvalue weighted by Crippen LogP contribution is -2.40. The van der Waals surface area contributed by atoms with Crippen LogP contribution in [0.4, 0.5) is 0 Å². The van der Waals surface area contributed by atoms with Crippen molar-refractivity contribution in [2.24, 2.45) is 0 Å². The van der Waals surface area contributed by atoms with Crippen LogP contribution in [0.1, 0.15) is 16.7 Å². The van der Waals surface area contributed by atoms with Crippen molar-refractivity contribution < 1.29 is 5.11 Å². The predicted molar refractivity (Wildman–Crippen MR) is 64.6 cm³/mol. The lowest BCUT2D eigenvalue weighted by atomic mass is 9.69. The fourth-order valence-corrected chi connectivity index (χ4v) is 2.75. The molecule has 1 aliphatic carbocycles. The summed E-state index contributed by atoms with van der Waals surface area (Å²) in [6.45, 7) is 0. The average molecular weight is 231 g/mol. The smallest absolute Gasteiger partial charge is 0.120 e. The second-order valence-electron chi connectivity index (χ2n) is 4.18. The van der Waals surface area contributed by atoms with Crippen LogP contribution in [0.25, 0.3) is 0 Å². The van der Waals surface area contributed by atoms with Crippen LogP contribution in [0.2, 0.25) is 5.02 Å². The maximum absolute atomic E-state index is 10.6. The molecule has 1 unspecified atom stereocenters. The summed E-state index contributed by atoms with van der Waals surface area (Å²) in [5, 5.41) is 11.3. The van der Waals surface area contributed by atoms with Crippen LogP contribution in [0, 0.1) is 0 Å². The number of fused-ring (bicyclic) bond motifs is 1. The summed E-state index contributed by atoms with van der Waals surface area (Å²) >= 11 is 6.14. The first-order valence-corrected chi connectivity index (χ1v) is 5.65. The third-order valence-corrected chi connectivity index (χ3v) is 3.53. The second kappa shape index (κ2) is 3.34. The Bertz CT molecular complexity index is 521. The van der Waals surface area contributed by atoms with Gasteiger partial charge in [0.25, 0.3) is 0 Å². The molecular formula is C14H11ClO. The number of halogens is 1. The minimum absolute atomic E-state index is 0.646. The minimum Gasteiger partial charge on any atom is -0.380 e. The van der Waals surface area contributed by atoms with Crippen LogP contribution in [0.5, 0.6) is 0 Å². The summed E-state index contributed by atoms with van der Waals surface area (Å²) < 4.78 is 0. The van der Waals surface area contributed by atoms with E-state index in [2.05, 4.69) is 0 Å². The van der Waals surface area contributed by atoms with Gasteiger partial charge in [0.05, 0.1) is 0 Å². The molecular weight excluding hydrogens is 220 g/mol. The van der Waals surface area contributed by atoms with Gasteiger partial charge in [-0.25, -0.2) is 0 Å². The fraction of sp³-hybridized carbons (Fsp3) is 0.143. The van der Waals surface area contributed by atoms with Crippen LogP contribution >= 0.6 is 11.6 Å². The number of benzene rings is 2. The van der Waals surface area contributed by atoms with Gasteiger partial charge in [-0.3, -0.25) is 0 Å². The van der Waals surface area contributed by atoms with Crippen molar-refractivity contribution in [3.8, 4) is 0 Å². The van der Waals surface area contributed by atoms with E-state index in [0.717, 1.165) is 16.7 Å². The van der Waals surface area contributed by atoms with Crippen molar-refractivity contribution in [2.75, 3.05) is 0 Å². The molecule has 1 aliphatic rings. The molecule has 0 fully saturated rings. The lowest BCUT2D eigenvalue weighted by molar-refractivity contribution is 0.0564. The molecule has 0 bridgehead atoms. The Morgan fingerprint density at radius 3 is 2.44 bits per heavy atom. The first kappa shape index (κ1) is 9.88. The summed E-state index contributed by atoms with van der Waals surface area (Å²) in [6.07, 6.45) is 0.646. The largest absolute Gasteiger partial charge is 0.380 e. The third-order valence-electron chi connectivity index (χ3n) is 3.21. The topological polar surface area (TPSA) is 20.2 Å². The molecule has 1 atom stereocenters. The Kier molecular flexibility index (Phi) is 2.06. The highest BCUT2D eigenvalue weighted by Gasteiger charge is 2.43. The van der Waals surface area contributed by atoms with E-state index >= 15 is 0 Å². The molecule has 0 amide bonds. The average Bonchev–Trinajstić information content (AvgIpc) is 2.28. The molecule has 0 saturated carbocycles. The molecule has 16 heavy (non-hydrogen) atoms. The third kappa shape index (κ3) is 1.22. The van der Waals surface area contributed by atoms with Crippen molar-refractivity contribution >= 4 is 11.6 Å².